The van der Waals surface area contributed by atoms with Gasteiger partial charge in [0, 0.05) is 19.0 Å². The highest BCUT2D eigenvalue weighted by Gasteiger charge is 2.49. The zero-order chi connectivity index (χ0) is 9.47. The highest BCUT2D eigenvalue weighted by atomic mass is 15.2. The van der Waals surface area contributed by atoms with Crippen LogP contribution < -0.4 is 0 Å². The average molecular weight is 180 g/mol. The Hall–Kier alpha value is -0.530. The van der Waals surface area contributed by atoms with Gasteiger partial charge in [-0.2, -0.15) is 0 Å². The van der Waals surface area contributed by atoms with Crippen molar-refractivity contribution >= 4 is 5.84 Å². The highest BCUT2D eigenvalue weighted by Crippen LogP contribution is 2.52. The summed E-state index contributed by atoms with van der Waals surface area (Å²) in [4.78, 5) is 2.29. The Morgan fingerprint density at radius 2 is 1.77 bits per heavy atom. The van der Waals surface area contributed by atoms with Gasteiger partial charge in [-0.05, 0) is 31.1 Å². The fourth-order valence-corrected chi connectivity index (χ4v) is 2.29. The first-order valence-electron chi connectivity index (χ1n) is 5.45. The van der Waals surface area contributed by atoms with Crippen LogP contribution in [-0.2, 0) is 0 Å². The summed E-state index contributed by atoms with van der Waals surface area (Å²) >= 11 is 0. The molecule has 1 heterocycles. The molecule has 1 aliphatic carbocycles. The van der Waals surface area contributed by atoms with Crippen LogP contribution in [0.15, 0.2) is 0 Å². The smallest absolute Gasteiger partial charge is 0.0995 e. The molecule has 74 valence electrons. The lowest BCUT2D eigenvalue weighted by Crippen LogP contribution is -2.36. The second-order valence-corrected chi connectivity index (χ2v) is 5.18. The summed E-state index contributed by atoms with van der Waals surface area (Å²) < 4.78 is 0. The number of piperidine rings is 1. The number of hydrogen-bond acceptors (Lipinski definition) is 1. The van der Waals surface area contributed by atoms with Crippen LogP contribution in [0.3, 0.4) is 0 Å². The van der Waals surface area contributed by atoms with Gasteiger partial charge in [0.15, 0.2) is 0 Å². The van der Waals surface area contributed by atoms with E-state index < -0.39 is 0 Å². The van der Waals surface area contributed by atoms with Gasteiger partial charge in [-0.3, -0.25) is 5.41 Å². The highest BCUT2D eigenvalue weighted by molar-refractivity contribution is 5.85. The van der Waals surface area contributed by atoms with Crippen molar-refractivity contribution in [1.82, 2.24) is 4.90 Å². The van der Waals surface area contributed by atoms with Gasteiger partial charge in [0.1, 0.15) is 0 Å². The first kappa shape index (κ1) is 9.04. The van der Waals surface area contributed by atoms with Gasteiger partial charge < -0.3 is 4.90 Å². The third-order valence-electron chi connectivity index (χ3n) is 3.54. The van der Waals surface area contributed by atoms with E-state index in [4.69, 9.17) is 5.41 Å². The Morgan fingerprint density at radius 3 is 2.23 bits per heavy atom. The van der Waals surface area contributed by atoms with Gasteiger partial charge in [0.25, 0.3) is 0 Å². The molecule has 0 aromatic rings. The van der Waals surface area contributed by atoms with Crippen molar-refractivity contribution in [2.75, 3.05) is 13.1 Å². The lowest BCUT2D eigenvalue weighted by molar-refractivity contribution is 0.329. The molecule has 0 bridgehead atoms. The molecule has 2 fully saturated rings. The number of likely N-dealkylation sites (tertiary alicyclic amines) is 1. The van der Waals surface area contributed by atoms with E-state index in [-0.39, 0.29) is 0 Å². The van der Waals surface area contributed by atoms with Gasteiger partial charge in [0.05, 0.1) is 5.84 Å². The molecule has 1 saturated carbocycles. The van der Waals surface area contributed by atoms with Gasteiger partial charge in [-0.15, -0.1) is 0 Å². The van der Waals surface area contributed by atoms with Crippen molar-refractivity contribution in [3.8, 4) is 0 Å². The summed E-state index contributed by atoms with van der Waals surface area (Å²) in [5.41, 5.74) is 0.425. The lowest BCUT2D eigenvalue weighted by atomic mass is 10.1. The second-order valence-electron chi connectivity index (χ2n) is 5.18. The van der Waals surface area contributed by atoms with Gasteiger partial charge in [0.2, 0.25) is 0 Å². The molecule has 0 amide bonds. The maximum atomic E-state index is 8.08. The summed E-state index contributed by atoms with van der Waals surface area (Å²) in [7, 11) is 0. The number of rotatable bonds is 1. The van der Waals surface area contributed by atoms with Crippen molar-refractivity contribution in [2.24, 2.45) is 11.3 Å². The van der Waals surface area contributed by atoms with Crippen LogP contribution in [0.1, 0.15) is 39.5 Å². The summed E-state index contributed by atoms with van der Waals surface area (Å²) in [5.74, 6) is 1.48. The Balaban J connectivity index is 1.90. The van der Waals surface area contributed by atoms with E-state index in [1.807, 2.05) is 0 Å². The number of nitrogens with one attached hydrogen (secondary N) is 1. The van der Waals surface area contributed by atoms with E-state index in [9.17, 15) is 0 Å². The third kappa shape index (κ3) is 1.72. The molecular formula is C11H20N2. The molecule has 1 atom stereocenters. The maximum absolute atomic E-state index is 8.08. The number of nitrogens with zero attached hydrogens (tertiary/aromatic N) is 1. The predicted octanol–water partition coefficient (Wildman–Crippen LogP) is 2.50. The van der Waals surface area contributed by atoms with Crippen LogP contribution in [0.4, 0.5) is 0 Å². The minimum atomic E-state index is 0.425. The van der Waals surface area contributed by atoms with E-state index >= 15 is 0 Å². The summed E-state index contributed by atoms with van der Waals surface area (Å²) in [6, 6.07) is 0. The van der Waals surface area contributed by atoms with E-state index in [2.05, 4.69) is 18.7 Å². The van der Waals surface area contributed by atoms with Crippen LogP contribution in [0, 0.1) is 16.7 Å². The quantitative estimate of drug-likeness (QED) is 0.487. The zero-order valence-electron chi connectivity index (χ0n) is 8.77. The fraction of sp³-hybridized carbons (Fsp3) is 0.909. The van der Waals surface area contributed by atoms with E-state index in [0.717, 1.165) is 18.9 Å². The predicted molar refractivity (Wildman–Crippen MR) is 55.0 cm³/mol. The minimum absolute atomic E-state index is 0.425. The van der Waals surface area contributed by atoms with Gasteiger partial charge in [-0.1, -0.05) is 13.8 Å². The first-order valence-corrected chi connectivity index (χ1v) is 5.45. The van der Waals surface area contributed by atoms with E-state index in [1.165, 1.54) is 25.7 Å². The molecule has 0 aromatic carbocycles. The Morgan fingerprint density at radius 1 is 1.23 bits per heavy atom. The summed E-state index contributed by atoms with van der Waals surface area (Å²) in [6.07, 6.45) is 5.16. The van der Waals surface area contributed by atoms with Crippen molar-refractivity contribution < 1.29 is 0 Å². The molecule has 1 aliphatic heterocycles. The van der Waals surface area contributed by atoms with Crippen LogP contribution in [0.25, 0.3) is 0 Å². The van der Waals surface area contributed by atoms with Gasteiger partial charge >= 0.3 is 0 Å². The molecule has 2 heteroatoms. The van der Waals surface area contributed by atoms with E-state index in [1.54, 1.807) is 0 Å². The van der Waals surface area contributed by atoms with E-state index in [0.29, 0.717) is 11.3 Å². The van der Waals surface area contributed by atoms with Crippen LogP contribution in [0.5, 0.6) is 0 Å². The number of hydrogen-bond donors (Lipinski definition) is 1. The lowest BCUT2D eigenvalue weighted by Gasteiger charge is -2.29. The summed E-state index contributed by atoms with van der Waals surface area (Å²) in [5, 5.41) is 8.08. The van der Waals surface area contributed by atoms with Crippen LogP contribution >= 0.6 is 0 Å². The van der Waals surface area contributed by atoms with Crippen LogP contribution in [0.2, 0.25) is 0 Å². The Kier molecular flexibility index (Phi) is 2.09. The monoisotopic (exact) mass is 180 g/mol. The molecule has 0 aromatic heterocycles. The van der Waals surface area contributed by atoms with Crippen molar-refractivity contribution in [3.63, 3.8) is 0 Å². The standard InChI is InChI=1S/C11H20N2/c1-11(2)8-9(11)10(12)13-6-4-3-5-7-13/h9,12H,3-8H2,1-2H3. The van der Waals surface area contributed by atoms with Crippen LogP contribution in [-0.4, -0.2) is 23.8 Å². The van der Waals surface area contributed by atoms with Crippen molar-refractivity contribution in [3.05, 3.63) is 0 Å². The SMILES string of the molecule is CC1(C)CC1C(=N)N1CCCCC1. The molecule has 0 radical (unpaired) electrons. The molecule has 2 aliphatic rings. The van der Waals surface area contributed by atoms with Crippen molar-refractivity contribution in [1.29, 1.82) is 5.41 Å². The maximum Gasteiger partial charge on any atom is 0.0995 e. The second kappa shape index (κ2) is 3.00. The molecule has 1 N–H and O–H groups in total. The fourth-order valence-electron chi connectivity index (χ4n) is 2.29. The first-order chi connectivity index (χ1) is 6.11. The average Bonchev–Trinajstić information content (AvgIpc) is 2.76. The third-order valence-corrected chi connectivity index (χ3v) is 3.54. The molecule has 2 nitrogen and oxygen atoms in total. The number of amidine groups is 1. The molecular weight excluding hydrogens is 160 g/mol. The topological polar surface area (TPSA) is 27.1 Å². The zero-order valence-corrected chi connectivity index (χ0v) is 8.77. The Labute approximate surface area is 80.8 Å². The molecule has 0 spiro atoms. The summed E-state index contributed by atoms with van der Waals surface area (Å²) in [6.45, 7) is 6.81. The van der Waals surface area contributed by atoms with Crippen molar-refractivity contribution in [2.45, 2.75) is 39.5 Å². The largest absolute Gasteiger partial charge is 0.360 e. The molecule has 1 unspecified atom stereocenters. The molecule has 1 saturated heterocycles. The molecule has 13 heavy (non-hydrogen) atoms. The Bertz CT molecular complexity index is 214. The molecule has 2 rings (SSSR count). The normalized spacial score (nSPS) is 31.5. The van der Waals surface area contributed by atoms with Gasteiger partial charge in [-0.25, -0.2) is 0 Å². The minimum Gasteiger partial charge on any atom is -0.360 e.